The number of nitrogens with zero attached hydrogens (tertiary/aromatic N) is 1. The van der Waals surface area contributed by atoms with Gasteiger partial charge >= 0.3 is 0 Å². The normalized spacial score (nSPS) is 12.2. The van der Waals surface area contributed by atoms with Crippen LogP contribution in [-0.2, 0) is 16.6 Å². The summed E-state index contributed by atoms with van der Waals surface area (Å²) < 4.78 is 26.1. The molecule has 0 saturated carbocycles. The maximum absolute atomic E-state index is 12.5. The van der Waals surface area contributed by atoms with Crippen LogP contribution in [0.3, 0.4) is 0 Å². The highest BCUT2D eigenvalue weighted by atomic mass is 32.2. The van der Waals surface area contributed by atoms with Crippen molar-refractivity contribution in [2.45, 2.75) is 26.3 Å². The summed E-state index contributed by atoms with van der Waals surface area (Å²) in [5, 5.41) is 2.97. The Morgan fingerprint density at radius 2 is 1.65 bits per heavy atom. The molecule has 0 bridgehead atoms. The van der Waals surface area contributed by atoms with Crippen molar-refractivity contribution in [3.63, 3.8) is 0 Å². The van der Waals surface area contributed by atoms with E-state index in [1.807, 2.05) is 55.5 Å². The molecule has 6 heteroatoms. The molecular weight excluding hydrogens is 408 g/mol. The fourth-order valence-electron chi connectivity index (χ4n) is 3.36. The Kier molecular flexibility index (Phi) is 7.13. The van der Waals surface area contributed by atoms with Crippen molar-refractivity contribution in [3.8, 4) is 0 Å². The Bertz CT molecular complexity index is 1130. The first-order valence-corrected chi connectivity index (χ1v) is 12.1. The number of sulfonamides is 1. The molecule has 31 heavy (non-hydrogen) atoms. The van der Waals surface area contributed by atoms with E-state index in [0.29, 0.717) is 17.8 Å². The average Bonchev–Trinajstić information content (AvgIpc) is 2.75. The summed E-state index contributed by atoms with van der Waals surface area (Å²) in [4.78, 5) is 12.5. The van der Waals surface area contributed by atoms with E-state index < -0.39 is 10.0 Å². The average molecular weight is 437 g/mol. The molecule has 162 valence electrons. The summed E-state index contributed by atoms with van der Waals surface area (Å²) >= 11 is 0. The largest absolute Gasteiger partial charge is 0.351 e. The number of hydrogen-bond acceptors (Lipinski definition) is 3. The Labute approximate surface area is 184 Å². The molecule has 0 unspecified atom stereocenters. The third-order valence-corrected chi connectivity index (χ3v) is 6.31. The zero-order chi connectivity index (χ0) is 22.4. The Morgan fingerprint density at radius 3 is 2.26 bits per heavy atom. The number of anilines is 1. The number of carbonyl (C=O) groups is 1. The fraction of sp³-hybridized carbons (Fsp3) is 0.240. The van der Waals surface area contributed by atoms with Gasteiger partial charge in [-0.3, -0.25) is 9.10 Å². The minimum absolute atomic E-state index is 0.145. The standard InChI is InChI=1S/C25H28N2O3S/c1-19-8-7-11-24(16-19)27(31(3,29)30)18-21-12-14-23(15-13-21)25(28)26-17-20(2)22-9-5-4-6-10-22/h4-16,20H,17-18H2,1-3H3,(H,26,28)/t20-/m0/s1. The first-order chi connectivity index (χ1) is 14.7. The lowest BCUT2D eigenvalue weighted by molar-refractivity contribution is 0.0951. The first kappa shape index (κ1) is 22.6. The molecule has 0 saturated heterocycles. The molecule has 0 spiro atoms. The summed E-state index contributed by atoms with van der Waals surface area (Å²) in [6.07, 6.45) is 1.20. The number of hydrogen-bond donors (Lipinski definition) is 1. The van der Waals surface area contributed by atoms with E-state index in [-0.39, 0.29) is 18.4 Å². The van der Waals surface area contributed by atoms with Gasteiger partial charge in [-0.1, -0.05) is 61.5 Å². The van der Waals surface area contributed by atoms with Crippen LogP contribution in [0.4, 0.5) is 5.69 Å². The van der Waals surface area contributed by atoms with Crippen LogP contribution in [0.25, 0.3) is 0 Å². The molecule has 3 rings (SSSR count). The predicted octanol–water partition coefficient (Wildman–Crippen LogP) is 4.49. The molecule has 0 heterocycles. The highest BCUT2D eigenvalue weighted by molar-refractivity contribution is 7.92. The summed E-state index contributed by atoms with van der Waals surface area (Å²) in [5.41, 5.74) is 4.14. The second-order valence-corrected chi connectivity index (χ2v) is 9.73. The van der Waals surface area contributed by atoms with Gasteiger partial charge in [0, 0.05) is 12.1 Å². The number of amides is 1. The molecule has 5 nitrogen and oxygen atoms in total. The van der Waals surface area contributed by atoms with Crippen molar-refractivity contribution in [1.29, 1.82) is 0 Å². The maximum Gasteiger partial charge on any atom is 0.251 e. The Hall–Kier alpha value is -3.12. The van der Waals surface area contributed by atoms with Gasteiger partial charge in [0.2, 0.25) is 10.0 Å². The molecule has 3 aromatic carbocycles. The smallest absolute Gasteiger partial charge is 0.251 e. The number of nitrogens with one attached hydrogen (secondary N) is 1. The third kappa shape index (κ3) is 6.18. The van der Waals surface area contributed by atoms with Crippen molar-refractivity contribution in [2.75, 3.05) is 17.1 Å². The number of aryl methyl sites for hydroxylation is 1. The van der Waals surface area contributed by atoms with Crippen LogP contribution in [0, 0.1) is 6.92 Å². The fourth-order valence-corrected chi connectivity index (χ4v) is 4.24. The van der Waals surface area contributed by atoms with E-state index in [1.54, 1.807) is 30.3 Å². The molecule has 0 aliphatic heterocycles. The lowest BCUT2D eigenvalue weighted by atomic mass is 10.0. The number of carbonyl (C=O) groups excluding carboxylic acids is 1. The number of benzene rings is 3. The highest BCUT2D eigenvalue weighted by Crippen LogP contribution is 2.22. The van der Waals surface area contributed by atoms with Crippen LogP contribution in [0.15, 0.2) is 78.9 Å². The van der Waals surface area contributed by atoms with Gasteiger partial charge in [0.15, 0.2) is 0 Å². The summed E-state index contributed by atoms with van der Waals surface area (Å²) in [7, 11) is -3.45. The van der Waals surface area contributed by atoms with Gasteiger partial charge in [0.1, 0.15) is 0 Å². The van der Waals surface area contributed by atoms with E-state index in [9.17, 15) is 13.2 Å². The molecule has 0 radical (unpaired) electrons. The Morgan fingerprint density at radius 1 is 0.968 bits per heavy atom. The summed E-state index contributed by atoms with van der Waals surface area (Å²) in [6, 6.07) is 24.5. The molecule has 0 fully saturated rings. The quantitative estimate of drug-likeness (QED) is 0.566. The van der Waals surface area contributed by atoms with Crippen LogP contribution in [0.1, 0.15) is 39.9 Å². The molecule has 1 amide bonds. The van der Waals surface area contributed by atoms with E-state index >= 15 is 0 Å². The molecule has 3 aromatic rings. The van der Waals surface area contributed by atoms with Gasteiger partial charge in [-0.05, 0) is 53.8 Å². The van der Waals surface area contributed by atoms with Crippen molar-refractivity contribution < 1.29 is 13.2 Å². The third-order valence-electron chi connectivity index (χ3n) is 5.17. The van der Waals surface area contributed by atoms with Crippen molar-refractivity contribution in [3.05, 3.63) is 101 Å². The van der Waals surface area contributed by atoms with Crippen molar-refractivity contribution in [1.82, 2.24) is 5.32 Å². The topological polar surface area (TPSA) is 66.5 Å². The molecule has 1 N–H and O–H groups in total. The predicted molar refractivity (Wildman–Crippen MR) is 126 cm³/mol. The second-order valence-electron chi connectivity index (χ2n) is 7.83. The van der Waals surface area contributed by atoms with Crippen molar-refractivity contribution in [2.24, 2.45) is 0 Å². The van der Waals surface area contributed by atoms with Gasteiger partial charge in [0.25, 0.3) is 5.91 Å². The molecule has 1 atom stereocenters. The van der Waals surface area contributed by atoms with Crippen LogP contribution in [0.2, 0.25) is 0 Å². The molecular formula is C25H28N2O3S. The molecule has 0 aliphatic rings. The van der Waals surface area contributed by atoms with Gasteiger partial charge in [0.05, 0.1) is 18.5 Å². The zero-order valence-corrected chi connectivity index (χ0v) is 18.9. The van der Waals surface area contributed by atoms with Gasteiger partial charge < -0.3 is 5.32 Å². The van der Waals surface area contributed by atoms with E-state index in [0.717, 1.165) is 11.1 Å². The van der Waals surface area contributed by atoms with Crippen LogP contribution < -0.4 is 9.62 Å². The minimum Gasteiger partial charge on any atom is -0.351 e. The lowest BCUT2D eigenvalue weighted by Crippen LogP contribution is -2.29. The SMILES string of the molecule is Cc1cccc(N(Cc2ccc(C(=O)NC[C@H](C)c3ccccc3)cc2)S(C)(=O)=O)c1. The Balaban J connectivity index is 1.66. The van der Waals surface area contributed by atoms with Crippen LogP contribution in [0.5, 0.6) is 0 Å². The van der Waals surface area contributed by atoms with E-state index in [1.165, 1.54) is 16.1 Å². The van der Waals surface area contributed by atoms with Gasteiger partial charge in [-0.15, -0.1) is 0 Å². The van der Waals surface area contributed by atoms with Crippen LogP contribution >= 0.6 is 0 Å². The van der Waals surface area contributed by atoms with Gasteiger partial charge in [-0.2, -0.15) is 0 Å². The number of rotatable bonds is 8. The minimum atomic E-state index is -3.45. The first-order valence-electron chi connectivity index (χ1n) is 10.2. The highest BCUT2D eigenvalue weighted by Gasteiger charge is 2.18. The molecule has 0 aliphatic carbocycles. The van der Waals surface area contributed by atoms with E-state index in [4.69, 9.17) is 0 Å². The second kappa shape index (κ2) is 9.79. The summed E-state index contributed by atoms with van der Waals surface area (Å²) in [6.45, 7) is 4.74. The zero-order valence-electron chi connectivity index (χ0n) is 18.1. The monoisotopic (exact) mass is 436 g/mol. The lowest BCUT2D eigenvalue weighted by Gasteiger charge is -2.23. The maximum atomic E-state index is 12.5. The van der Waals surface area contributed by atoms with Gasteiger partial charge in [-0.25, -0.2) is 8.42 Å². The molecule has 0 aromatic heterocycles. The van der Waals surface area contributed by atoms with Crippen molar-refractivity contribution >= 4 is 21.6 Å². The summed E-state index contributed by atoms with van der Waals surface area (Å²) in [5.74, 6) is 0.0649. The van der Waals surface area contributed by atoms with E-state index in [2.05, 4.69) is 12.2 Å². The van der Waals surface area contributed by atoms with Crippen LogP contribution in [-0.4, -0.2) is 27.1 Å².